The fourth-order valence-electron chi connectivity index (χ4n) is 11.6. The second-order valence-electron chi connectivity index (χ2n) is 21.0. The highest BCUT2D eigenvalue weighted by Crippen LogP contribution is 2.47. The zero-order valence-electron chi connectivity index (χ0n) is 44.3. The van der Waals surface area contributed by atoms with Gasteiger partial charge < -0.3 is 9.13 Å². The number of nitriles is 2. The van der Waals surface area contributed by atoms with Crippen molar-refractivity contribution in [3.8, 4) is 90.3 Å². The van der Waals surface area contributed by atoms with Gasteiger partial charge in [-0.05, 0) is 168 Å². The number of halogens is 3. The van der Waals surface area contributed by atoms with Gasteiger partial charge in [-0.3, -0.25) is 0 Å². The first-order valence-electron chi connectivity index (χ1n) is 26.6. The molecule has 80 heavy (non-hydrogen) atoms. The summed E-state index contributed by atoms with van der Waals surface area (Å²) in [5.74, 6) is 0. The van der Waals surface area contributed by atoms with Crippen LogP contribution in [0.15, 0.2) is 224 Å². The van der Waals surface area contributed by atoms with Crippen molar-refractivity contribution in [2.45, 2.75) is 33.9 Å². The molecule has 382 valence electrons. The van der Waals surface area contributed by atoms with E-state index in [4.69, 9.17) is 0 Å². The molecule has 0 saturated heterocycles. The molecule has 7 heteroatoms. The van der Waals surface area contributed by atoms with Crippen LogP contribution >= 0.6 is 0 Å². The topological polar surface area (TPSA) is 57.4 Å². The van der Waals surface area contributed by atoms with Crippen molar-refractivity contribution in [3.05, 3.63) is 263 Å². The molecule has 4 nitrogen and oxygen atoms in total. The number of nitrogens with zero attached hydrogens (tertiary/aromatic N) is 4. The van der Waals surface area contributed by atoms with Crippen molar-refractivity contribution in [2.75, 3.05) is 0 Å². The maximum Gasteiger partial charge on any atom is 0.417 e. The molecular weight excluding hydrogens is 990 g/mol. The Morgan fingerprint density at radius 3 is 1.09 bits per heavy atom. The molecule has 11 aromatic carbocycles. The van der Waals surface area contributed by atoms with Gasteiger partial charge in [-0.2, -0.15) is 23.7 Å². The minimum atomic E-state index is -4.79. The Kier molecular flexibility index (Phi) is 11.9. The van der Waals surface area contributed by atoms with Crippen LogP contribution in [0.4, 0.5) is 13.2 Å². The van der Waals surface area contributed by atoms with Crippen LogP contribution in [0.2, 0.25) is 0 Å². The Balaban J connectivity index is 1.13. The molecule has 0 aliphatic heterocycles. The number of alkyl halides is 3. The summed E-state index contributed by atoms with van der Waals surface area (Å²) in [6, 6.07) is 79.1. The van der Waals surface area contributed by atoms with Crippen LogP contribution in [0.1, 0.15) is 38.9 Å². The number of rotatable bonds is 8. The van der Waals surface area contributed by atoms with Crippen LogP contribution in [0, 0.1) is 50.4 Å². The molecule has 0 saturated carbocycles. The lowest BCUT2D eigenvalue weighted by Crippen LogP contribution is -2.08. The quantitative estimate of drug-likeness (QED) is 0.152. The van der Waals surface area contributed by atoms with E-state index in [0.29, 0.717) is 28.1 Å². The minimum absolute atomic E-state index is 0.0860. The third kappa shape index (κ3) is 8.58. The Labute approximate surface area is 461 Å². The predicted molar refractivity (Wildman–Crippen MR) is 321 cm³/mol. The molecule has 0 spiro atoms. The van der Waals surface area contributed by atoms with Crippen LogP contribution in [0.25, 0.3) is 122 Å². The van der Waals surface area contributed by atoms with Crippen molar-refractivity contribution in [2.24, 2.45) is 0 Å². The third-order valence-corrected chi connectivity index (χ3v) is 15.7. The van der Waals surface area contributed by atoms with E-state index in [0.717, 1.165) is 116 Å². The molecule has 0 aliphatic carbocycles. The van der Waals surface area contributed by atoms with Gasteiger partial charge in [0, 0.05) is 32.7 Å². The van der Waals surface area contributed by atoms with Crippen molar-refractivity contribution in [1.29, 1.82) is 10.5 Å². The minimum Gasteiger partial charge on any atom is -0.309 e. The van der Waals surface area contributed by atoms with Gasteiger partial charge in [-0.15, -0.1) is 0 Å². The summed E-state index contributed by atoms with van der Waals surface area (Å²) < 4.78 is 50.3. The smallest absolute Gasteiger partial charge is 0.309 e. The van der Waals surface area contributed by atoms with E-state index in [-0.39, 0.29) is 16.7 Å². The second-order valence-corrected chi connectivity index (χ2v) is 21.0. The van der Waals surface area contributed by atoms with Gasteiger partial charge in [0.1, 0.15) is 0 Å². The summed E-state index contributed by atoms with van der Waals surface area (Å²) in [5.41, 5.74) is 18.5. The van der Waals surface area contributed by atoms with E-state index in [1.807, 2.05) is 24.3 Å². The fourth-order valence-corrected chi connectivity index (χ4v) is 11.6. The summed E-state index contributed by atoms with van der Waals surface area (Å²) in [6.07, 6.45) is -4.79. The standard InChI is InChI=1S/C73H49F3N4/c1-44-8-17-49(18-9-44)53-25-31-66-60(37-53)61-38-54(50-19-10-45(2)11-20-50)26-32-67(61)79(66)70-35-29-57(59-30-16-48(42-77)36-65(59)73(74,75)76)41-64(70)72-58(43-78)6-5-7-71(72)80-68-33-27-55(51-21-12-46(3)13-22-51)39-62(68)63-40-56(28-34-69(63)80)52-23-14-47(4)15-24-52/h5-41H,1-4H3. The maximum absolute atomic E-state index is 15.3. The SMILES string of the molecule is Cc1ccc(-c2ccc3c(c2)c2cc(-c4ccc(C)cc4)ccc2n3-c2ccc(-c3ccc(C#N)cc3C(F)(F)F)cc2-c2c(C#N)cccc2-n2c3ccc(-c4ccc(C)cc4)cc3c3cc(-c4ccc(C)cc4)ccc32)cc1. The highest BCUT2D eigenvalue weighted by molar-refractivity contribution is 6.14. The number of hydrogen-bond donors (Lipinski definition) is 0. The van der Waals surface area contributed by atoms with E-state index < -0.39 is 11.7 Å². The van der Waals surface area contributed by atoms with Crippen LogP contribution in [-0.4, -0.2) is 9.13 Å². The van der Waals surface area contributed by atoms with Gasteiger partial charge in [-0.25, -0.2) is 0 Å². The van der Waals surface area contributed by atoms with Crippen LogP contribution < -0.4 is 0 Å². The summed E-state index contributed by atoms with van der Waals surface area (Å²) in [4.78, 5) is 0. The predicted octanol–water partition coefficient (Wildman–Crippen LogP) is 19.9. The van der Waals surface area contributed by atoms with E-state index >= 15 is 13.2 Å². The zero-order chi connectivity index (χ0) is 55.0. The number of fused-ring (bicyclic) bond motifs is 6. The van der Waals surface area contributed by atoms with Gasteiger partial charge in [0.15, 0.2) is 0 Å². The Morgan fingerprint density at radius 1 is 0.338 bits per heavy atom. The number of benzene rings is 11. The number of aromatic nitrogens is 2. The molecule has 0 bridgehead atoms. The van der Waals surface area contributed by atoms with Crippen molar-refractivity contribution in [3.63, 3.8) is 0 Å². The summed E-state index contributed by atoms with van der Waals surface area (Å²) in [5, 5.41) is 25.2. The second kappa shape index (κ2) is 19.4. The number of hydrogen-bond acceptors (Lipinski definition) is 2. The molecule has 0 fully saturated rings. The lowest BCUT2D eigenvalue weighted by Gasteiger charge is -2.21. The lowest BCUT2D eigenvalue weighted by atomic mass is 9.90. The third-order valence-electron chi connectivity index (χ3n) is 15.7. The molecule has 0 atom stereocenters. The van der Waals surface area contributed by atoms with Gasteiger partial charge >= 0.3 is 6.18 Å². The first-order chi connectivity index (χ1) is 38.8. The average Bonchev–Trinajstić information content (AvgIpc) is 4.19. The van der Waals surface area contributed by atoms with Crippen molar-refractivity contribution in [1.82, 2.24) is 9.13 Å². The van der Waals surface area contributed by atoms with Crippen molar-refractivity contribution >= 4 is 43.6 Å². The van der Waals surface area contributed by atoms with Gasteiger partial charge in [0.05, 0.1) is 62.3 Å². The molecule has 0 amide bonds. The highest BCUT2D eigenvalue weighted by atomic mass is 19.4. The first kappa shape index (κ1) is 49.4. The Bertz CT molecular complexity index is 4510. The molecule has 13 rings (SSSR count). The molecule has 2 heterocycles. The monoisotopic (exact) mass is 1040 g/mol. The molecule has 0 N–H and O–H groups in total. The van der Waals surface area contributed by atoms with E-state index in [1.54, 1.807) is 18.2 Å². The molecule has 0 unspecified atom stereocenters. The Hall–Kier alpha value is -10.2. The van der Waals surface area contributed by atoms with Crippen LogP contribution in [-0.2, 0) is 6.18 Å². The summed E-state index contributed by atoms with van der Waals surface area (Å²) in [6.45, 7) is 8.30. The largest absolute Gasteiger partial charge is 0.417 e. The molecule has 2 aromatic heterocycles. The first-order valence-corrected chi connectivity index (χ1v) is 26.6. The van der Waals surface area contributed by atoms with E-state index in [1.165, 1.54) is 12.1 Å². The molecule has 13 aromatic rings. The highest BCUT2D eigenvalue weighted by Gasteiger charge is 2.35. The molecule has 0 radical (unpaired) electrons. The van der Waals surface area contributed by atoms with Crippen LogP contribution in [0.3, 0.4) is 0 Å². The van der Waals surface area contributed by atoms with Gasteiger partial charge in [0.2, 0.25) is 0 Å². The van der Waals surface area contributed by atoms with Gasteiger partial charge in [0.25, 0.3) is 0 Å². The number of aryl methyl sites for hydroxylation is 4. The molecule has 0 aliphatic rings. The average molecular weight is 1040 g/mol. The summed E-state index contributed by atoms with van der Waals surface area (Å²) >= 11 is 0. The lowest BCUT2D eigenvalue weighted by molar-refractivity contribution is -0.137. The zero-order valence-corrected chi connectivity index (χ0v) is 44.3. The fraction of sp³-hybridized carbons (Fsp3) is 0.0685. The van der Waals surface area contributed by atoms with E-state index in [9.17, 15) is 10.5 Å². The Morgan fingerprint density at radius 2 is 0.713 bits per heavy atom. The maximum atomic E-state index is 15.3. The van der Waals surface area contributed by atoms with E-state index in [2.05, 4.69) is 213 Å². The van der Waals surface area contributed by atoms with Crippen molar-refractivity contribution < 1.29 is 13.2 Å². The normalized spacial score (nSPS) is 11.7. The van der Waals surface area contributed by atoms with Gasteiger partial charge in [-0.1, -0.05) is 162 Å². The van der Waals surface area contributed by atoms with Crippen LogP contribution in [0.5, 0.6) is 0 Å². The summed E-state index contributed by atoms with van der Waals surface area (Å²) in [7, 11) is 0. The molecular formula is C73H49F3N4.